The highest BCUT2D eigenvalue weighted by atomic mass is 35.5. The normalized spacial score (nSPS) is 10.9. The minimum atomic E-state index is -0.720. The Morgan fingerprint density at radius 1 is 1.00 bits per heavy atom. The van der Waals surface area contributed by atoms with Crippen LogP contribution in [0.2, 0.25) is 5.15 Å². The predicted molar refractivity (Wildman–Crippen MR) is 103 cm³/mol. The quantitative estimate of drug-likeness (QED) is 0.459. The predicted octanol–water partition coefficient (Wildman–Crippen LogP) is 4.20. The van der Waals surface area contributed by atoms with E-state index in [-0.39, 0.29) is 12.1 Å². The molecule has 0 saturated heterocycles. The van der Waals surface area contributed by atoms with Gasteiger partial charge in [-0.25, -0.2) is 18.6 Å². The van der Waals surface area contributed by atoms with Gasteiger partial charge in [-0.1, -0.05) is 17.7 Å². The topological polar surface area (TPSA) is 61.9 Å². The van der Waals surface area contributed by atoms with Crippen LogP contribution in [0.25, 0.3) is 5.69 Å². The molecule has 0 aliphatic heterocycles. The van der Waals surface area contributed by atoms with E-state index < -0.39 is 17.3 Å². The Morgan fingerprint density at radius 2 is 1.72 bits per heavy atom. The van der Waals surface area contributed by atoms with Crippen molar-refractivity contribution in [3.8, 4) is 17.2 Å². The molecule has 0 radical (unpaired) electrons. The average molecular weight is 415 g/mol. The average Bonchev–Trinajstić information content (AvgIpc) is 3.06. The Labute approximate surface area is 168 Å². The second-order valence-electron chi connectivity index (χ2n) is 6.06. The van der Waals surface area contributed by atoms with Gasteiger partial charge in [0, 0.05) is 17.8 Å². The summed E-state index contributed by atoms with van der Waals surface area (Å²) < 4.78 is 35.6. The van der Waals surface area contributed by atoms with Crippen molar-refractivity contribution in [1.82, 2.24) is 19.3 Å². The zero-order valence-electron chi connectivity index (χ0n) is 14.8. The first-order chi connectivity index (χ1) is 14.0. The number of aromatic nitrogens is 4. The number of hydrogen-bond donors (Lipinski definition) is 0. The van der Waals surface area contributed by atoms with Crippen molar-refractivity contribution in [2.75, 3.05) is 0 Å². The summed E-state index contributed by atoms with van der Waals surface area (Å²) in [6, 6.07) is 13.4. The lowest BCUT2D eigenvalue weighted by molar-refractivity contribution is 0.482. The van der Waals surface area contributed by atoms with E-state index in [1.54, 1.807) is 36.4 Å². The molecule has 0 saturated carbocycles. The molecule has 0 atom stereocenters. The summed E-state index contributed by atoms with van der Waals surface area (Å²) in [5.74, 6) is -0.396. The first kappa shape index (κ1) is 18.8. The van der Waals surface area contributed by atoms with Crippen molar-refractivity contribution in [1.29, 1.82) is 0 Å². The summed E-state index contributed by atoms with van der Waals surface area (Å²) in [6.45, 7) is -0.263. The minimum absolute atomic E-state index is 0.200. The van der Waals surface area contributed by atoms with Crippen LogP contribution in [0, 0.1) is 11.6 Å². The molecule has 0 spiro atoms. The number of rotatable bonds is 5. The van der Waals surface area contributed by atoms with Crippen molar-refractivity contribution >= 4 is 11.6 Å². The van der Waals surface area contributed by atoms with Crippen molar-refractivity contribution in [2.45, 2.75) is 6.54 Å². The monoisotopic (exact) mass is 414 g/mol. The largest absolute Gasteiger partial charge is 0.457 e. The smallest absolute Gasteiger partial charge is 0.350 e. The standard InChI is InChI=1S/C20H13ClF2N4O2/c21-19-10-15(8-9-24-19)29-14-6-4-13(5-7-14)27-20(28)26(12-25-27)11-16-17(22)2-1-3-18(16)23/h1-10,12H,11H2. The highest BCUT2D eigenvalue weighted by Gasteiger charge is 2.13. The lowest BCUT2D eigenvalue weighted by Gasteiger charge is -2.07. The van der Waals surface area contributed by atoms with E-state index in [0.29, 0.717) is 22.3 Å². The van der Waals surface area contributed by atoms with Gasteiger partial charge in [-0.3, -0.25) is 4.57 Å². The highest BCUT2D eigenvalue weighted by molar-refractivity contribution is 6.29. The number of benzene rings is 2. The van der Waals surface area contributed by atoms with Gasteiger partial charge < -0.3 is 4.74 Å². The second kappa shape index (κ2) is 7.84. The molecule has 0 fully saturated rings. The third-order valence-corrected chi connectivity index (χ3v) is 4.35. The zero-order chi connectivity index (χ0) is 20.4. The molecule has 2 aromatic heterocycles. The minimum Gasteiger partial charge on any atom is -0.457 e. The summed E-state index contributed by atoms with van der Waals surface area (Å²) in [7, 11) is 0. The van der Waals surface area contributed by atoms with E-state index in [9.17, 15) is 13.6 Å². The van der Waals surface area contributed by atoms with E-state index in [2.05, 4.69) is 10.1 Å². The Bertz CT molecular complexity index is 1200. The molecule has 9 heteroatoms. The van der Waals surface area contributed by atoms with Crippen LogP contribution in [0.5, 0.6) is 11.5 Å². The summed E-state index contributed by atoms with van der Waals surface area (Å²) in [5, 5.41) is 4.33. The molecular formula is C20H13ClF2N4O2. The Hall–Kier alpha value is -3.52. The molecule has 0 bridgehead atoms. The number of halogens is 3. The van der Waals surface area contributed by atoms with Crippen molar-refractivity contribution in [2.24, 2.45) is 0 Å². The zero-order valence-corrected chi connectivity index (χ0v) is 15.6. The van der Waals surface area contributed by atoms with Gasteiger partial charge in [0.1, 0.15) is 34.6 Å². The first-order valence-electron chi connectivity index (χ1n) is 8.48. The van der Waals surface area contributed by atoms with Crippen LogP contribution < -0.4 is 10.4 Å². The summed E-state index contributed by atoms with van der Waals surface area (Å²) in [4.78, 5) is 16.5. The van der Waals surface area contributed by atoms with Gasteiger partial charge in [-0.15, -0.1) is 0 Å². The molecule has 0 unspecified atom stereocenters. The van der Waals surface area contributed by atoms with Gasteiger partial charge in [-0.2, -0.15) is 9.78 Å². The third-order valence-electron chi connectivity index (χ3n) is 4.14. The van der Waals surface area contributed by atoms with Crippen LogP contribution in [-0.2, 0) is 6.54 Å². The lowest BCUT2D eigenvalue weighted by Crippen LogP contribution is -2.24. The number of pyridine rings is 1. The molecule has 4 aromatic rings. The first-order valence-corrected chi connectivity index (χ1v) is 8.86. The third kappa shape index (κ3) is 4.02. The van der Waals surface area contributed by atoms with Crippen molar-refractivity contribution in [3.63, 3.8) is 0 Å². The van der Waals surface area contributed by atoms with Crippen LogP contribution in [0.4, 0.5) is 8.78 Å². The SMILES string of the molecule is O=c1n(Cc2c(F)cccc2F)cnn1-c1ccc(Oc2ccnc(Cl)c2)cc1. The van der Waals surface area contributed by atoms with E-state index in [1.807, 2.05) is 0 Å². The van der Waals surface area contributed by atoms with Gasteiger partial charge in [0.05, 0.1) is 12.2 Å². The molecule has 6 nitrogen and oxygen atoms in total. The molecule has 0 amide bonds. The van der Waals surface area contributed by atoms with Crippen molar-refractivity contribution < 1.29 is 13.5 Å². The molecule has 2 aromatic carbocycles. The maximum Gasteiger partial charge on any atom is 0.350 e. The molecule has 2 heterocycles. The summed E-state index contributed by atoms with van der Waals surface area (Å²) in [5.41, 5.74) is -0.251. The maximum atomic E-state index is 13.8. The van der Waals surface area contributed by atoms with E-state index in [0.717, 1.165) is 21.4 Å². The molecule has 0 aliphatic rings. The van der Waals surface area contributed by atoms with Crippen LogP contribution in [0.1, 0.15) is 5.56 Å². The molecular weight excluding hydrogens is 402 g/mol. The van der Waals surface area contributed by atoms with E-state index >= 15 is 0 Å². The number of ether oxygens (including phenoxy) is 1. The van der Waals surface area contributed by atoms with E-state index in [4.69, 9.17) is 16.3 Å². The molecule has 4 rings (SSSR count). The van der Waals surface area contributed by atoms with Crippen LogP contribution in [0.3, 0.4) is 0 Å². The second-order valence-corrected chi connectivity index (χ2v) is 6.45. The van der Waals surface area contributed by atoms with Gasteiger partial charge in [0.2, 0.25) is 0 Å². The summed E-state index contributed by atoms with van der Waals surface area (Å²) in [6.07, 6.45) is 2.76. The lowest BCUT2D eigenvalue weighted by atomic mass is 10.2. The Morgan fingerprint density at radius 3 is 2.41 bits per heavy atom. The fraction of sp³-hybridized carbons (Fsp3) is 0.0500. The van der Waals surface area contributed by atoms with Crippen LogP contribution >= 0.6 is 11.6 Å². The Kier molecular flexibility index (Phi) is 5.09. The molecule has 146 valence electrons. The van der Waals surface area contributed by atoms with Crippen LogP contribution in [-0.4, -0.2) is 19.3 Å². The maximum absolute atomic E-state index is 13.8. The fourth-order valence-corrected chi connectivity index (χ4v) is 2.88. The number of hydrogen-bond acceptors (Lipinski definition) is 4. The highest BCUT2D eigenvalue weighted by Crippen LogP contribution is 2.23. The Balaban J connectivity index is 1.56. The van der Waals surface area contributed by atoms with E-state index in [1.165, 1.54) is 18.6 Å². The van der Waals surface area contributed by atoms with Gasteiger partial charge in [0.15, 0.2) is 0 Å². The van der Waals surface area contributed by atoms with Gasteiger partial charge in [0.25, 0.3) is 0 Å². The summed E-state index contributed by atoms with van der Waals surface area (Å²) >= 11 is 5.83. The number of nitrogens with zero attached hydrogens (tertiary/aromatic N) is 4. The molecule has 0 N–H and O–H groups in total. The van der Waals surface area contributed by atoms with Gasteiger partial charge in [-0.05, 0) is 42.5 Å². The molecule has 0 aliphatic carbocycles. The molecule has 29 heavy (non-hydrogen) atoms. The fourth-order valence-electron chi connectivity index (χ4n) is 2.71. The van der Waals surface area contributed by atoms with Crippen molar-refractivity contribution in [3.05, 3.63) is 100.0 Å². The van der Waals surface area contributed by atoms with Crippen LogP contribution in [0.15, 0.2) is 71.9 Å². The van der Waals surface area contributed by atoms with Gasteiger partial charge >= 0.3 is 5.69 Å².